The Balaban J connectivity index is 2.57. The van der Waals surface area contributed by atoms with E-state index in [1.807, 2.05) is 6.92 Å². The van der Waals surface area contributed by atoms with Crippen molar-refractivity contribution in [2.24, 2.45) is 11.1 Å². The lowest BCUT2D eigenvalue weighted by Crippen LogP contribution is -2.50. The van der Waals surface area contributed by atoms with Crippen LogP contribution in [0.5, 0.6) is 0 Å². The minimum Gasteiger partial charge on any atom is -0.389 e. The van der Waals surface area contributed by atoms with E-state index in [9.17, 15) is 9.90 Å². The van der Waals surface area contributed by atoms with Crippen molar-refractivity contribution < 1.29 is 14.6 Å². The summed E-state index contributed by atoms with van der Waals surface area (Å²) in [6, 6.07) is -0.0722. The van der Waals surface area contributed by atoms with Crippen LogP contribution in [0.15, 0.2) is 0 Å². The summed E-state index contributed by atoms with van der Waals surface area (Å²) in [5, 5.41) is 9.61. The summed E-state index contributed by atoms with van der Waals surface area (Å²) < 4.78 is 4.84. The summed E-state index contributed by atoms with van der Waals surface area (Å²) in [7, 11) is 3.23. The molecule has 5 heteroatoms. The van der Waals surface area contributed by atoms with E-state index in [1.165, 1.54) is 7.11 Å². The first-order valence-electron chi connectivity index (χ1n) is 6.10. The molecular weight excluding hydrogens is 220 g/mol. The van der Waals surface area contributed by atoms with Crippen molar-refractivity contribution >= 4 is 5.91 Å². The number of aliphatic hydroxyl groups is 1. The molecule has 0 spiro atoms. The third kappa shape index (κ3) is 3.18. The lowest BCUT2D eigenvalue weighted by atomic mass is 9.83. The second kappa shape index (κ2) is 5.80. The lowest BCUT2D eigenvalue weighted by molar-refractivity contribution is -0.142. The molecule has 0 heterocycles. The Morgan fingerprint density at radius 3 is 2.82 bits per heavy atom. The molecule has 1 rings (SSSR count). The highest BCUT2D eigenvalue weighted by atomic mass is 16.5. The molecule has 100 valence electrons. The van der Waals surface area contributed by atoms with E-state index >= 15 is 0 Å². The number of aliphatic hydroxyl groups excluding tert-OH is 1. The number of carbonyl (C=O) groups excluding carboxylic acids is 1. The first-order valence-corrected chi connectivity index (χ1v) is 6.10. The Kier molecular flexibility index (Phi) is 4.91. The Labute approximate surface area is 103 Å². The lowest BCUT2D eigenvalue weighted by Gasteiger charge is -2.33. The van der Waals surface area contributed by atoms with Gasteiger partial charge < -0.3 is 20.5 Å². The van der Waals surface area contributed by atoms with Crippen LogP contribution in [-0.2, 0) is 9.53 Å². The fourth-order valence-electron chi connectivity index (χ4n) is 2.54. The molecule has 1 saturated carbocycles. The summed E-state index contributed by atoms with van der Waals surface area (Å²) in [5.74, 6) is 0.0256. The molecule has 1 aliphatic rings. The first-order chi connectivity index (χ1) is 7.91. The summed E-state index contributed by atoms with van der Waals surface area (Å²) in [6.07, 6.45) is 2.09. The van der Waals surface area contributed by atoms with E-state index in [0.717, 1.165) is 19.3 Å². The van der Waals surface area contributed by atoms with Gasteiger partial charge in [0.2, 0.25) is 5.91 Å². The zero-order chi connectivity index (χ0) is 13.1. The number of carbonyl (C=O) groups is 1. The number of nitrogens with two attached hydrogens (primary N) is 1. The van der Waals surface area contributed by atoms with Crippen LogP contribution in [0.4, 0.5) is 0 Å². The van der Waals surface area contributed by atoms with Gasteiger partial charge in [-0.15, -0.1) is 0 Å². The largest absolute Gasteiger partial charge is 0.389 e. The molecule has 0 aliphatic heterocycles. The minimum atomic E-state index is -0.643. The fraction of sp³-hybridized carbons (Fsp3) is 0.917. The maximum absolute atomic E-state index is 12.3. The standard InChI is InChI=1S/C12H24N2O3/c1-12(6-4-5-10(12)13)11(16)14(2)7-9(15)8-17-3/h9-10,15H,4-8,13H2,1-3H3. The molecule has 0 aromatic rings. The number of methoxy groups -OCH3 is 1. The summed E-state index contributed by atoms with van der Waals surface area (Å²) >= 11 is 0. The molecule has 0 aromatic heterocycles. The molecule has 0 aromatic carbocycles. The second-order valence-electron chi connectivity index (χ2n) is 5.21. The Morgan fingerprint density at radius 2 is 2.35 bits per heavy atom. The number of hydrogen-bond donors (Lipinski definition) is 2. The number of rotatable bonds is 5. The van der Waals surface area contributed by atoms with E-state index in [0.29, 0.717) is 0 Å². The molecule has 1 aliphatic carbocycles. The van der Waals surface area contributed by atoms with Gasteiger partial charge in [0.25, 0.3) is 0 Å². The third-order valence-electron chi connectivity index (χ3n) is 3.71. The molecule has 0 bridgehead atoms. The summed E-state index contributed by atoms with van der Waals surface area (Å²) in [6.45, 7) is 2.45. The van der Waals surface area contributed by atoms with E-state index in [4.69, 9.17) is 10.5 Å². The van der Waals surface area contributed by atoms with E-state index in [-0.39, 0.29) is 25.1 Å². The van der Waals surface area contributed by atoms with Crippen LogP contribution in [0.25, 0.3) is 0 Å². The van der Waals surface area contributed by atoms with Gasteiger partial charge >= 0.3 is 0 Å². The molecule has 3 atom stereocenters. The normalized spacial score (nSPS) is 30.3. The van der Waals surface area contributed by atoms with Gasteiger partial charge in [0, 0.05) is 26.7 Å². The van der Waals surface area contributed by atoms with Crippen LogP contribution in [-0.4, -0.2) is 55.4 Å². The number of likely N-dealkylation sites (N-methyl/N-ethyl adjacent to an activating group) is 1. The minimum absolute atomic E-state index is 0.0256. The second-order valence-corrected chi connectivity index (χ2v) is 5.21. The molecule has 3 unspecified atom stereocenters. The van der Waals surface area contributed by atoms with Gasteiger partial charge in [0.05, 0.1) is 18.1 Å². The van der Waals surface area contributed by atoms with Gasteiger partial charge in [-0.3, -0.25) is 4.79 Å². The van der Waals surface area contributed by atoms with Crippen LogP contribution in [0.1, 0.15) is 26.2 Å². The maximum atomic E-state index is 12.3. The average molecular weight is 244 g/mol. The molecule has 3 N–H and O–H groups in total. The fourth-order valence-corrected chi connectivity index (χ4v) is 2.54. The van der Waals surface area contributed by atoms with E-state index in [1.54, 1.807) is 11.9 Å². The molecule has 1 amide bonds. The summed E-state index contributed by atoms with van der Waals surface area (Å²) in [4.78, 5) is 13.9. The Bertz CT molecular complexity index is 272. The zero-order valence-corrected chi connectivity index (χ0v) is 11.0. The summed E-state index contributed by atoms with van der Waals surface area (Å²) in [5.41, 5.74) is 5.54. The van der Waals surface area contributed by atoms with Crippen molar-refractivity contribution in [1.29, 1.82) is 0 Å². The van der Waals surface area contributed by atoms with Crippen molar-refractivity contribution in [3.63, 3.8) is 0 Å². The molecule has 0 saturated heterocycles. The maximum Gasteiger partial charge on any atom is 0.229 e. The quantitative estimate of drug-likeness (QED) is 0.712. The smallest absolute Gasteiger partial charge is 0.229 e. The van der Waals surface area contributed by atoms with Gasteiger partial charge in [-0.1, -0.05) is 6.42 Å². The van der Waals surface area contributed by atoms with Crippen LogP contribution in [0.2, 0.25) is 0 Å². The molecule has 1 fully saturated rings. The van der Waals surface area contributed by atoms with Crippen molar-refractivity contribution in [3.05, 3.63) is 0 Å². The SMILES string of the molecule is COCC(O)CN(C)C(=O)C1(C)CCCC1N. The predicted molar refractivity (Wildman–Crippen MR) is 65.5 cm³/mol. The number of amides is 1. The van der Waals surface area contributed by atoms with E-state index < -0.39 is 11.5 Å². The molecule has 5 nitrogen and oxygen atoms in total. The van der Waals surface area contributed by atoms with Gasteiger partial charge in [0.1, 0.15) is 0 Å². The molecule has 0 radical (unpaired) electrons. The number of hydrogen-bond acceptors (Lipinski definition) is 4. The average Bonchev–Trinajstić information content (AvgIpc) is 2.59. The highest BCUT2D eigenvalue weighted by molar-refractivity contribution is 5.83. The van der Waals surface area contributed by atoms with Crippen molar-refractivity contribution in [2.45, 2.75) is 38.3 Å². The van der Waals surface area contributed by atoms with Crippen LogP contribution >= 0.6 is 0 Å². The van der Waals surface area contributed by atoms with Crippen LogP contribution < -0.4 is 5.73 Å². The first kappa shape index (κ1) is 14.4. The highest BCUT2D eigenvalue weighted by Crippen LogP contribution is 2.38. The Morgan fingerprint density at radius 1 is 1.71 bits per heavy atom. The van der Waals surface area contributed by atoms with Crippen molar-refractivity contribution in [3.8, 4) is 0 Å². The molecule has 17 heavy (non-hydrogen) atoms. The van der Waals surface area contributed by atoms with Gasteiger partial charge in [-0.2, -0.15) is 0 Å². The monoisotopic (exact) mass is 244 g/mol. The van der Waals surface area contributed by atoms with E-state index in [2.05, 4.69) is 0 Å². The van der Waals surface area contributed by atoms with Gasteiger partial charge in [-0.05, 0) is 19.8 Å². The predicted octanol–water partition coefficient (Wildman–Crippen LogP) is -0.0304. The van der Waals surface area contributed by atoms with Crippen molar-refractivity contribution in [1.82, 2.24) is 4.90 Å². The van der Waals surface area contributed by atoms with Gasteiger partial charge in [-0.25, -0.2) is 0 Å². The number of ether oxygens (including phenoxy) is 1. The Hall–Kier alpha value is -0.650. The zero-order valence-electron chi connectivity index (χ0n) is 11.0. The topological polar surface area (TPSA) is 75.8 Å². The van der Waals surface area contributed by atoms with Crippen LogP contribution in [0, 0.1) is 5.41 Å². The third-order valence-corrected chi connectivity index (χ3v) is 3.71. The van der Waals surface area contributed by atoms with Crippen LogP contribution in [0.3, 0.4) is 0 Å². The van der Waals surface area contributed by atoms with Crippen molar-refractivity contribution in [2.75, 3.05) is 27.3 Å². The number of nitrogens with zero attached hydrogens (tertiary/aromatic N) is 1. The highest BCUT2D eigenvalue weighted by Gasteiger charge is 2.44. The molecular formula is C12H24N2O3. The van der Waals surface area contributed by atoms with Gasteiger partial charge in [0.15, 0.2) is 0 Å².